The standard InChI is InChI=1S/C14H18N2O4/c1-8(2)11(15)13(17)16-6-7-20-12-9(14(18)19)4-3-5-10(12)16/h3-5,8,11H,6-7,15H2,1-2H3,(H,18,19). The van der Waals surface area contributed by atoms with E-state index in [1.807, 2.05) is 13.8 Å². The Morgan fingerprint density at radius 1 is 1.40 bits per heavy atom. The molecular formula is C14H18N2O4. The van der Waals surface area contributed by atoms with Crippen LogP contribution in [0.2, 0.25) is 0 Å². The number of carbonyl (C=O) groups is 2. The smallest absolute Gasteiger partial charge is 0.339 e. The number of carboxylic acid groups (broad SMARTS) is 1. The molecule has 0 spiro atoms. The number of benzene rings is 1. The Kier molecular flexibility index (Phi) is 3.94. The van der Waals surface area contributed by atoms with Crippen molar-refractivity contribution in [3.05, 3.63) is 23.8 Å². The second-order valence-corrected chi connectivity index (χ2v) is 5.07. The van der Waals surface area contributed by atoms with E-state index in [1.54, 1.807) is 12.1 Å². The summed E-state index contributed by atoms with van der Waals surface area (Å²) in [5, 5.41) is 9.15. The maximum atomic E-state index is 12.4. The van der Waals surface area contributed by atoms with Crippen LogP contribution in [0.4, 0.5) is 5.69 Å². The normalized spacial score (nSPS) is 15.5. The molecule has 1 atom stereocenters. The minimum Gasteiger partial charge on any atom is -0.489 e. The van der Waals surface area contributed by atoms with Crippen molar-refractivity contribution >= 4 is 17.6 Å². The van der Waals surface area contributed by atoms with Crippen LogP contribution in [0.3, 0.4) is 0 Å². The van der Waals surface area contributed by atoms with Gasteiger partial charge in [0.05, 0.1) is 18.3 Å². The van der Waals surface area contributed by atoms with Gasteiger partial charge in [-0.1, -0.05) is 19.9 Å². The Morgan fingerprint density at radius 3 is 2.70 bits per heavy atom. The van der Waals surface area contributed by atoms with Gasteiger partial charge in [0.15, 0.2) is 5.75 Å². The molecule has 0 aliphatic carbocycles. The van der Waals surface area contributed by atoms with Crippen LogP contribution < -0.4 is 15.4 Å². The number of carboxylic acids is 1. The molecule has 3 N–H and O–H groups in total. The third-order valence-corrected chi connectivity index (χ3v) is 3.35. The number of anilines is 1. The highest BCUT2D eigenvalue weighted by Gasteiger charge is 2.31. The third-order valence-electron chi connectivity index (χ3n) is 3.35. The van der Waals surface area contributed by atoms with Crippen molar-refractivity contribution in [2.45, 2.75) is 19.9 Å². The monoisotopic (exact) mass is 278 g/mol. The predicted molar refractivity (Wildman–Crippen MR) is 74.1 cm³/mol. The lowest BCUT2D eigenvalue weighted by Crippen LogP contribution is -2.49. The van der Waals surface area contributed by atoms with Crippen molar-refractivity contribution in [1.29, 1.82) is 0 Å². The van der Waals surface area contributed by atoms with Gasteiger partial charge in [0, 0.05) is 0 Å². The Balaban J connectivity index is 2.41. The summed E-state index contributed by atoms with van der Waals surface area (Å²) in [6.07, 6.45) is 0. The average Bonchev–Trinajstić information content (AvgIpc) is 2.44. The first-order valence-electron chi connectivity index (χ1n) is 6.49. The van der Waals surface area contributed by atoms with Crippen molar-refractivity contribution in [2.75, 3.05) is 18.1 Å². The van der Waals surface area contributed by atoms with Crippen LogP contribution in [-0.2, 0) is 4.79 Å². The second-order valence-electron chi connectivity index (χ2n) is 5.07. The van der Waals surface area contributed by atoms with Crippen molar-refractivity contribution < 1.29 is 19.4 Å². The van der Waals surface area contributed by atoms with E-state index in [9.17, 15) is 9.59 Å². The molecule has 0 radical (unpaired) electrons. The van der Waals surface area contributed by atoms with Crippen LogP contribution in [0, 0.1) is 5.92 Å². The van der Waals surface area contributed by atoms with Crippen molar-refractivity contribution in [1.82, 2.24) is 0 Å². The highest BCUT2D eigenvalue weighted by molar-refractivity contribution is 6.02. The number of nitrogens with two attached hydrogens (primary N) is 1. The fraction of sp³-hybridized carbons (Fsp3) is 0.429. The zero-order chi connectivity index (χ0) is 14.9. The Morgan fingerprint density at radius 2 is 2.10 bits per heavy atom. The maximum Gasteiger partial charge on any atom is 0.339 e. The second kappa shape index (κ2) is 5.50. The molecule has 108 valence electrons. The Labute approximate surface area is 117 Å². The minimum atomic E-state index is -1.08. The van der Waals surface area contributed by atoms with Crippen LogP contribution in [0.15, 0.2) is 18.2 Å². The number of carbonyl (C=O) groups excluding carboxylic acids is 1. The molecule has 2 rings (SSSR count). The summed E-state index contributed by atoms with van der Waals surface area (Å²) in [5.74, 6) is -1.05. The third kappa shape index (κ3) is 2.46. The summed E-state index contributed by atoms with van der Waals surface area (Å²) < 4.78 is 5.42. The van der Waals surface area contributed by atoms with E-state index in [2.05, 4.69) is 0 Å². The van der Waals surface area contributed by atoms with E-state index in [0.29, 0.717) is 12.2 Å². The molecule has 6 heteroatoms. The summed E-state index contributed by atoms with van der Waals surface area (Å²) in [7, 11) is 0. The van der Waals surface area contributed by atoms with Gasteiger partial charge in [0.2, 0.25) is 5.91 Å². The molecule has 1 aromatic rings. The van der Waals surface area contributed by atoms with Crippen LogP contribution in [0.1, 0.15) is 24.2 Å². The number of hydrogen-bond donors (Lipinski definition) is 2. The average molecular weight is 278 g/mol. The lowest BCUT2D eigenvalue weighted by molar-refractivity contribution is -0.120. The maximum absolute atomic E-state index is 12.4. The van der Waals surface area contributed by atoms with Crippen molar-refractivity contribution in [2.24, 2.45) is 11.7 Å². The van der Waals surface area contributed by atoms with E-state index < -0.39 is 12.0 Å². The molecule has 0 aromatic heterocycles. The van der Waals surface area contributed by atoms with Crippen molar-refractivity contribution in [3.63, 3.8) is 0 Å². The summed E-state index contributed by atoms with van der Waals surface area (Å²) in [6.45, 7) is 4.37. The topological polar surface area (TPSA) is 92.9 Å². The van der Waals surface area contributed by atoms with Crippen LogP contribution in [-0.4, -0.2) is 36.2 Å². The number of para-hydroxylation sites is 1. The van der Waals surface area contributed by atoms with Gasteiger partial charge in [-0.25, -0.2) is 4.79 Å². The summed E-state index contributed by atoms with van der Waals surface area (Å²) in [4.78, 5) is 25.1. The molecule has 1 unspecified atom stereocenters. The first-order valence-corrected chi connectivity index (χ1v) is 6.49. The molecule has 1 aromatic carbocycles. The summed E-state index contributed by atoms with van der Waals surface area (Å²) >= 11 is 0. The minimum absolute atomic E-state index is 0.0106. The highest BCUT2D eigenvalue weighted by Crippen LogP contribution is 2.35. The largest absolute Gasteiger partial charge is 0.489 e. The van der Waals surface area contributed by atoms with Gasteiger partial charge in [0.25, 0.3) is 0 Å². The Hall–Kier alpha value is -2.08. The van der Waals surface area contributed by atoms with Gasteiger partial charge in [-0.3, -0.25) is 4.79 Å². The number of nitrogens with zero attached hydrogens (tertiary/aromatic N) is 1. The number of hydrogen-bond acceptors (Lipinski definition) is 4. The molecule has 0 fully saturated rings. The molecule has 0 saturated carbocycles. The van der Waals surface area contributed by atoms with E-state index in [4.69, 9.17) is 15.6 Å². The van der Waals surface area contributed by atoms with Gasteiger partial charge in [-0.15, -0.1) is 0 Å². The SMILES string of the molecule is CC(C)C(N)C(=O)N1CCOc2c(C(=O)O)cccc21. The number of amides is 1. The molecular weight excluding hydrogens is 260 g/mol. The summed E-state index contributed by atoms with van der Waals surface area (Å²) in [5.41, 5.74) is 6.42. The summed E-state index contributed by atoms with van der Waals surface area (Å²) in [6, 6.07) is 4.11. The predicted octanol–water partition coefficient (Wildman–Crippen LogP) is 1.09. The molecule has 1 amide bonds. The van der Waals surface area contributed by atoms with Gasteiger partial charge in [-0.05, 0) is 18.1 Å². The van der Waals surface area contributed by atoms with Gasteiger partial charge in [-0.2, -0.15) is 0 Å². The molecule has 1 heterocycles. The van der Waals surface area contributed by atoms with E-state index in [1.165, 1.54) is 11.0 Å². The van der Waals surface area contributed by atoms with E-state index in [0.717, 1.165) is 0 Å². The van der Waals surface area contributed by atoms with E-state index in [-0.39, 0.29) is 29.7 Å². The van der Waals surface area contributed by atoms with Crippen molar-refractivity contribution in [3.8, 4) is 5.75 Å². The first-order chi connectivity index (χ1) is 9.43. The molecule has 0 bridgehead atoms. The fourth-order valence-corrected chi connectivity index (χ4v) is 2.11. The number of ether oxygens (including phenoxy) is 1. The molecule has 1 aliphatic heterocycles. The highest BCUT2D eigenvalue weighted by atomic mass is 16.5. The van der Waals surface area contributed by atoms with Crippen LogP contribution in [0.5, 0.6) is 5.75 Å². The molecule has 0 saturated heterocycles. The lowest BCUT2D eigenvalue weighted by Gasteiger charge is -2.32. The number of rotatable bonds is 3. The van der Waals surface area contributed by atoms with E-state index >= 15 is 0 Å². The zero-order valence-electron chi connectivity index (χ0n) is 11.5. The lowest BCUT2D eigenvalue weighted by atomic mass is 10.0. The molecule has 20 heavy (non-hydrogen) atoms. The van der Waals surface area contributed by atoms with Crippen LogP contribution >= 0.6 is 0 Å². The first kappa shape index (κ1) is 14.3. The fourth-order valence-electron chi connectivity index (χ4n) is 2.11. The Bertz CT molecular complexity index is 542. The quantitative estimate of drug-likeness (QED) is 0.863. The number of aromatic carboxylic acids is 1. The zero-order valence-corrected chi connectivity index (χ0v) is 11.5. The van der Waals surface area contributed by atoms with Crippen LogP contribution in [0.25, 0.3) is 0 Å². The molecule has 1 aliphatic rings. The van der Waals surface area contributed by atoms with Gasteiger partial charge in [0.1, 0.15) is 12.2 Å². The van der Waals surface area contributed by atoms with Gasteiger partial charge >= 0.3 is 5.97 Å². The molecule has 6 nitrogen and oxygen atoms in total. The number of fused-ring (bicyclic) bond motifs is 1. The van der Waals surface area contributed by atoms with Gasteiger partial charge < -0.3 is 20.5 Å².